The van der Waals surface area contributed by atoms with Crippen LogP contribution in [0, 0.1) is 0 Å². The summed E-state index contributed by atoms with van der Waals surface area (Å²) in [6.45, 7) is 0. The molecule has 3 heterocycles. The first kappa shape index (κ1) is 17.1. The Hall–Kier alpha value is -2.99. The molecule has 0 spiro atoms. The third-order valence-electron chi connectivity index (χ3n) is 5.19. The normalized spacial score (nSPS) is 19.6. The molecule has 0 aliphatic carbocycles. The van der Waals surface area contributed by atoms with E-state index in [9.17, 15) is 4.79 Å². The van der Waals surface area contributed by atoms with Gasteiger partial charge in [0.25, 0.3) is 0 Å². The average Bonchev–Trinajstić information content (AvgIpc) is 3.02. The Kier molecular flexibility index (Phi) is 4.02. The largest absolute Gasteiger partial charge is 0.493 e. The molecule has 2 unspecified atom stereocenters. The lowest BCUT2D eigenvalue weighted by atomic mass is 9.94. The van der Waals surface area contributed by atoms with Gasteiger partial charge in [0.2, 0.25) is 5.91 Å². The summed E-state index contributed by atoms with van der Waals surface area (Å²) in [5.41, 5.74) is 4.64. The molecule has 3 aromatic rings. The summed E-state index contributed by atoms with van der Waals surface area (Å²) in [6, 6.07) is 17.6. The molecule has 2 aliphatic rings. The number of rotatable bonds is 3. The van der Waals surface area contributed by atoms with Crippen molar-refractivity contribution in [3.05, 3.63) is 71.9 Å². The highest BCUT2D eigenvalue weighted by Gasteiger charge is 2.47. The van der Waals surface area contributed by atoms with Gasteiger partial charge in [-0.15, -0.1) is 11.8 Å². The number of hydrogen-bond acceptors (Lipinski definition) is 5. The highest BCUT2D eigenvalue weighted by atomic mass is 32.2. The van der Waals surface area contributed by atoms with Crippen LogP contribution in [-0.2, 0) is 4.79 Å². The molecule has 1 amide bonds. The maximum atomic E-state index is 13.5. The number of amides is 1. The molecule has 2 atom stereocenters. The van der Waals surface area contributed by atoms with Crippen LogP contribution >= 0.6 is 11.8 Å². The molecule has 1 saturated heterocycles. The van der Waals surface area contributed by atoms with Crippen LogP contribution in [0.5, 0.6) is 11.5 Å². The van der Waals surface area contributed by atoms with Gasteiger partial charge in [0.15, 0.2) is 11.5 Å². The van der Waals surface area contributed by atoms with Crippen LogP contribution in [0.15, 0.2) is 60.8 Å². The Morgan fingerprint density at radius 2 is 1.71 bits per heavy atom. The van der Waals surface area contributed by atoms with Crippen LogP contribution in [0.3, 0.4) is 0 Å². The first-order valence-corrected chi connectivity index (χ1v) is 9.92. The van der Waals surface area contributed by atoms with Gasteiger partial charge in [-0.2, -0.15) is 0 Å². The van der Waals surface area contributed by atoms with Crippen molar-refractivity contribution in [2.75, 3.05) is 19.1 Å². The zero-order valence-corrected chi connectivity index (χ0v) is 16.3. The van der Waals surface area contributed by atoms with Crippen molar-refractivity contribution in [3.63, 3.8) is 0 Å². The number of pyridine rings is 1. The topological polar surface area (TPSA) is 51.7 Å². The molecule has 2 bridgehead atoms. The van der Waals surface area contributed by atoms with Gasteiger partial charge < -0.3 is 9.47 Å². The lowest BCUT2D eigenvalue weighted by Crippen LogP contribution is -2.30. The fourth-order valence-corrected chi connectivity index (χ4v) is 5.43. The van der Waals surface area contributed by atoms with E-state index in [0.29, 0.717) is 11.5 Å². The fourth-order valence-electron chi connectivity index (χ4n) is 3.92. The van der Waals surface area contributed by atoms with Crippen LogP contribution in [0.25, 0.3) is 11.3 Å². The van der Waals surface area contributed by atoms with Crippen molar-refractivity contribution >= 4 is 23.4 Å². The molecule has 0 radical (unpaired) electrons. The zero-order valence-electron chi connectivity index (χ0n) is 15.5. The first-order valence-electron chi connectivity index (χ1n) is 8.97. The maximum Gasteiger partial charge on any atom is 0.245 e. The number of nitrogens with zero attached hydrogens (tertiary/aromatic N) is 2. The van der Waals surface area contributed by atoms with E-state index in [2.05, 4.69) is 11.1 Å². The molecule has 6 heteroatoms. The van der Waals surface area contributed by atoms with E-state index in [1.165, 1.54) is 0 Å². The highest BCUT2D eigenvalue weighted by Crippen LogP contribution is 2.58. The minimum absolute atomic E-state index is 0.0733. The minimum Gasteiger partial charge on any atom is -0.493 e. The summed E-state index contributed by atoms with van der Waals surface area (Å²) in [4.78, 5) is 20.0. The van der Waals surface area contributed by atoms with Crippen LogP contribution in [-0.4, -0.2) is 25.1 Å². The molecule has 140 valence electrons. The van der Waals surface area contributed by atoms with Gasteiger partial charge in [0.05, 0.1) is 19.9 Å². The monoisotopic (exact) mass is 390 g/mol. The number of carbonyl (C=O) groups excluding carboxylic acids is 1. The minimum atomic E-state index is -0.325. The van der Waals surface area contributed by atoms with Crippen molar-refractivity contribution in [2.24, 2.45) is 0 Å². The number of methoxy groups -OCH3 is 2. The second-order valence-electron chi connectivity index (χ2n) is 6.65. The SMILES string of the molecule is COc1cc2c(cc1OC)C1SC(c3cccnc3-2)N(c2ccccc2)C1=O. The molecule has 2 aromatic carbocycles. The van der Waals surface area contributed by atoms with Crippen molar-refractivity contribution in [1.29, 1.82) is 0 Å². The smallest absolute Gasteiger partial charge is 0.245 e. The predicted molar refractivity (Wildman–Crippen MR) is 110 cm³/mol. The second-order valence-corrected chi connectivity index (χ2v) is 7.84. The van der Waals surface area contributed by atoms with E-state index in [1.807, 2.05) is 53.4 Å². The standard InChI is InChI=1S/C22H18N2O3S/c1-26-17-11-15-16(12-18(17)27-2)20-21(25)24(13-7-4-3-5-8-13)22(28-20)14-9-6-10-23-19(14)15/h3-12,20,22H,1-2H3. The summed E-state index contributed by atoms with van der Waals surface area (Å²) in [5, 5.41) is -0.456. The number of carbonyl (C=O) groups is 1. The molecule has 1 fully saturated rings. The van der Waals surface area contributed by atoms with Crippen molar-refractivity contribution in [2.45, 2.75) is 10.6 Å². The maximum absolute atomic E-state index is 13.5. The fraction of sp³-hybridized carbons (Fsp3) is 0.182. The Bertz CT molecular complexity index is 1070. The summed E-state index contributed by atoms with van der Waals surface area (Å²) < 4.78 is 11.0. The molecular weight excluding hydrogens is 372 g/mol. The molecular formula is C22H18N2O3S. The van der Waals surface area contributed by atoms with Gasteiger partial charge in [-0.3, -0.25) is 14.7 Å². The van der Waals surface area contributed by atoms with Crippen LogP contribution in [0.1, 0.15) is 21.8 Å². The van der Waals surface area contributed by atoms with Crippen molar-refractivity contribution in [3.8, 4) is 22.8 Å². The van der Waals surface area contributed by atoms with E-state index >= 15 is 0 Å². The first-order chi connectivity index (χ1) is 13.7. The Morgan fingerprint density at radius 1 is 0.964 bits per heavy atom. The van der Waals surface area contributed by atoms with Crippen molar-refractivity contribution < 1.29 is 14.3 Å². The number of anilines is 1. The number of para-hydroxylation sites is 1. The molecule has 0 saturated carbocycles. The Morgan fingerprint density at radius 3 is 2.46 bits per heavy atom. The Labute approximate surface area is 167 Å². The molecule has 5 rings (SSSR count). The highest BCUT2D eigenvalue weighted by molar-refractivity contribution is 8.01. The molecule has 2 aliphatic heterocycles. The van der Waals surface area contributed by atoms with Crippen LogP contribution < -0.4 is 14.4 Å². The van der Waals surface area contributed by atoms with Gasteiger partial charge in [0.1, 0.15) is 10.6 Å². The second kappa shape index (κ2) is 6.56. The summed E-state index contributed by atoms with van der Waals surface area (Å²) in [5.74, 6) is 1.32. The molecule has 28 heavy (non-hydrogen) atoms. The van der Waals surface area contributed by atoms with Gasteiger partial charge >= 0.3 is 0 Å². The lowest BCUT2D eigenvalue weighted by molar-refractivity contribution is -0.117. The van der Waals surface area contributed by atoms with E-state index in [1.54, 1.807) is 32.2 Å². The number of hydrogen-bond donors (Lipinski definition) is 0. The van der Waals surface area contributed by atoms with E-state index in [4.69, 9.17) is 9.47 Å². The number of benzene rings is 2. The third kappa shape index (κ3) is 2.41. The van der Waals surface area contributed by atoms with E-state index in [0.717, 1.165) is 28.1 Å². The number of ether oxygens (including phenoxy) is 2. The predicted octanol–water partition coefficient (Wildman–Crippen LogP) is 4.60. The average molecular weight is 390 g/mol. The number of thioether (sulfide) groups is 1. The summed E-state index contributed by atoms with van der Waals surface area (Å²) in [7, 11) is 3.22. The van der Waals surface area contributed by atoms with E-state index < -0.39 is 0 Å². The van der Waals surface area contributed by atoms with Gasteiger partial charge in [-0.05, 0) is 35.9 Å². The molecule has 0 N–H and O–H groups in total. The Balaban J connectivity index is 1.77. The lowest BCUT2D eigenvalue weighted by Gasteiger charge is -2.27. The zero-order chi connectivity index (χ0) is 19.3. The van der Waals surface area contributed by atoms with Gasteiger partial charge in [0, 0.05) is 23.0 Å². The van der Waals surface area contributed by atoms with E-state index in [-0.39, 0.29) is 16.5 Å². The van der Waals surface area contributed by atoms with Crippen molar-refractivity contribution in [1.82, 2.24) is 4.98 Å². The number of fused-ring (bicyclic) bond motifs is 7. The van der Waals surface area contributed by atoms with Crippen LogP contribution in [0.2, 0.25) is 0 Å². The summed E-state index contributed by atoms with van der Waals surface area (Å²) in [6.07, 6.45) is 1.79. The quantitative estimate of drug-likeness (QED) is 0.654. The van der Waals surface area contributed by atoms with Crippen LogP contribution in [0.4, 0.5) is 5.69 Å². The van der Waals surface area contributed by atoms with Gasteiger partial charge in [-0.25, -0.2) is 0 Å². The number of aromatic nitrogens is 1. The molecule has 5 nitrogen and oxygen atoms in total. The molecule has 1 aromatic heterocycles. The van der Waals surface area contributed by atoms with Gasteiger partial charge in [-0.1, -0.05) is 24.3 Å². The summed E-state index contributed by atoms with van der Waals surface area (Å²) >= 11 is 1.64. The third-order valence-corrected chi connectivity index (χ3v) is 6.64.